The van der Waals surface area contributed by atoms with Crippen LogP contribution in [0, 0.1) is 0 Å². The summed E-state index contributed by atoms with van der Waals surface area (Å²) >= 11 is 0. The largest absolute Gasteiger partial charge is 0.444 e. The van der Waals surface area contributed by atoms with E-state index in [9.17, 15) is 4.79 Å². The Bertz CT molecular complexity index is 398. The summed E-state index contributed by atoms with van der Waals surface area (Å²) < 4.78 is 16.8. The fourth-order valence-corrected chi connectivity index (χ4v) is 2.14. The second-order valence-corrected chi connectivity index (χ2v) is 6.51. The van der Waals surface area contributed by atoms with Crippen molar-refractivity contribution < 1.29 is 19.0 Å². The normalized spacial score (nSPS) is 22.4. The van der Waals surface area contributed by atoms with E-state index >= 15 is 0 Å². The summed E-state index contributed by atoms with van der Waals surface area (Å²) in [4.78, 5) is 13.9. The molecule has 1 saturated heterocycles. The van der Waals surface area contributed by atoms with Gasteiger partial charge in [-0.25, -0.2) is 4.79 Å². The monoisotopic (exact) mass is 297 g/mol. The predicted octanol–water partition coefficient (Wildman–Crippen LogP) is 3.12. The summed E-state index contributed by atoms with van der Waals surface area (Å²) in [6.45, 7) is 17.5. The number of carbonyl (C=O) groups excluding carboxylic acids is 1. The van der Waals surface area contributed by atoms with Crippen LogP contribution in [0.5, 0.6) is 0 Å². The minimum Gasteiger partial charge on any atom is -0.444 e. The zero-order chi connectivity index (χ0) is 16.3. The zero-order valence-corrected chi connectivity index (χ0v) is 13.7. The molecule has 0 aromatic carbocycles. The van der Waals surface area contributed by atoms with E-state index in [-0.39, 0.29) is 12.1 Å². The SMILES string of the molecule is C=CCN(C(=O)OC(C)(C)C)[C@@H](C=C)[C@H]1COC(C)(C)O1. The van der Waals surface area contributed by atoms with E-state index in [4.69, 9.17) is 14.2 Å². The van der Waals surface area contributed by atoms with Crippen molar-refractivity contribution in [1.82, 2.24) is 4.90 Å². The summed E-state index contributed by atoms with van der Waals surface area (Å²) in [6, 6.07) is -0.334. The van der Waals surface area contributed by atoms with Gasteiger partial charge in [-0.2, -0.15) is 0 Å². The molecule has 0 aliphatic carbocycles. The number of carbonyl (C=O) groups is 1. The second-order valence-electron chi connectivity index (χ2n) is 6.51. The molecule has 1 amide bonds. The summed E-state index contributed by atoms with van der Waals surface area (Å²) in [5, 5.41) is 0. The van der Waals surface area contributed by atoms with E-state index in [0.29, 0.717) is 13.2 Å². The van der Waals surface area contributed by atoms with Crippen LogP contribution in [-0.2, 0) is 14.2 Å². The molecule has 120 valence electrons. The third-order valence-corrected chi connectivity index (χ3v) is 2.97. The van der Waals surface area contributed by atoms with Crippen molar-refractivity contribution in [2.45, 2.75) is 58.2 Å². The lowest BCUT2D eigenvalue weighted by Crippen LogP contribution is -2.49. The number of hydrogen-bond donors (Lipinski definition) is 0. The van der Waals surface area contributed by atoms with Crippen LogP contribution < -0.4 is 0 Å². The molecular weight excluding hydrogens is 270 g/mol. The van der Waals surface area contributed by atoms with Gasteiger partial charge in [0.25, 0.3) is 0 Å². The van der Waals surface area contributed by atoms with Crippen molar-refractivity contribution in [1.29, 1.82) is 0 Å². The Balaban J connectivity index is 2.88. The molecule has 21 heavy (non-hydrogen) atoms. The Morgan fingerprint density at radius 2 is 2.10 bits per heavy atom. The highest BCUT2D eigenvalue weighted by Gasteiger charge is 2.40. The molecule has 0 unspecified atom stereocenters. The highest BCUT2D eigenvalue weighted by molar-refractivity contribution is 5.69. The third kappa shape index (κ3) is 5.17. The van der Waals surface area contributed by atoms with Crippen LogP contribution in [0.1, 0.15) is 34.6 Å². The van der Waals surface area contributed by atoms with Gasteiger partial charge in [-0.15, -0.1) is 13.2 Å². The number of hydrogen-bond acceptors (Lipinski definition) is 4. The average Bonchev–Trinajstić information content (AvgIpc) is 2.67. The molecule has 1 rings (SSSR count). The first-order valence-electron chi connectivity index (χ1n) is 7.14. The molecule has 0 N–H and O–H groups in total. The molecule has 0 spiro atoms. The standard InChI is InChI=1S/C16H27NO4/c1-8-10-17(14(18)21-15(3,4)5)12(9-2)13-11-19-16(6,7)20-13/h8-9,12-13H,1-2,10-11H2,3-7H3/t12-,13+/m0/s1. The van der Waals surface area contributed by atoms with Crippen molar-refractivity contribution in [2.24, 2.45) is 0 Å². The summed E-state index contributed by atoms with van der Waals surface area (Å²) in [6.07, 6.45) is 2.65. The topological polar surface area (TPSA) is 48.0 Å². The number of rotatable bonds is 5. The minimum absolute atomic E-state index is 0.273. The maximum atomic E-state index is 12.4. The maximum absolute atomic E-state index is 12.4. The molecule has 5 heteroatoms. The van der Waals surface area contributed by atoms with Crippen molar-refractivity contribution in [3.8, 4) is 0 Å². The van der Waals surface area contributed by atoms with Gasteiger partial charge in [0, 0.05) is 6.54 Å². The van der Waals surface area contributed by atoms with E-state index in [1.165, 1.54) is 0 Å². The van der Waals surface area contributed by atoms with E-state index < -0.39 is 17.5 Å². The summed E-state index contributed by atoms with van der Waals surface area (Å²) in [5.74, 6) is -0.653. The first-order valence-corrected chi connectivity index (χ1v) is 7.14. The molecule has 0 radical (unpaired) electrons. The Morgan fingerprint density at radius 3 is 2.48 bits per heavy atom. The van der Waals surface area contributed by atoms with E-state index in [0.717, 1.165) is 0 Å². The fourth-order valence-electron chi connectivity index (χ4n) is 2.14. The molecule has 1 fully saturated rings. The van der Waals surface area contributed by atoms with Crippen LogP contribution in [0.3, 0.4) is 0 Å². The molecule has 0 saturated carbocycles. The van der Waals surface area contributed by atoms with Crippen molar-refractivity contribution >= 4 is 6.09 Å². The lowest BCUT2D eigenvalue weighted by atomic mass is 10.1. The fraction of sp³-hybridized carbons (Fsp3) is 0.688. The number of nitrogens with zero attached hydrogens (tertiary/aromatic N) is 1. The van der Waals surface area contributed by atoms with Crippen molar-refractivity contribution in [2.75, 3.05) is 13.2 Å². The van der Waals surface area contributed by atoms with Gasteiger partial charge in [0.15, 0.2) is 5.79 Å². The summed E-state index contributed by atoms with van der Waals surface area (Å²) in [5.41, 5.74) is -0.561. The average molecular weight is 297 g/mol. The van der Waals surface area contributed by atoms with Gasteiger partial charge in [0.05, 0.1) is 12.6 Å². The van der Waals surface area contributed by atoms with Crippen LogP contribution in [0.2, 0.25) is 0 Å². The van der Waals surface area contributed by atoms with Gasteiger partial charge >= 0.3 is 6.09 Å². The molecule has 1 aliphatic heterocycles. The molecule has 0 bridgehead atoms. The van der Waals surface area contributed by atoms with Gasteiger partial charge in [-0.05, 0) is 34.6 Å². The lowest BCUT2D eigenvalue weighted by molar-refractivity contribution is -0.143. The van der Waals surface area contributed by atoms with Gasteiger partial charge in [0.2, 0.25) is 0 Å². The lowest BCUT2D eigenvalue weighted by Gasteiger charge is -2.34. The highest BCUT2D eigenvalue weighted by atomic mass is 16.7. The van der Waals surface area contributed by atoms with Crippen LogP contribution in [0.4, 0.5) is 4.79 Å². The molecular formula is C16H27NO4. The van der Waals surface area contributed by atoms with Gasteiger partial charge < -0.3 is 14.2 Å². The second kappa shape index (κ2) is 6.62. The van der Waals surface area contributed by atoms with E-state index in [1.54, 1.807) is 17.1 Å². The molecule has 0 aromatic rings. The minimum atomic E-state index is -0.653. The number of ether oxygens (including phenoxy) is 3. The van der Waals surface area contributed by atoms with Gasteiger partial charge in [-0.1, -0.05) is 12.2 Å². The molecule has 1 heterocycles. The Kier molecular flexibility index (Phi) is 5.59. The van der Waals surface area contributed by atoms with Crippen LogP contribution in [-0.4, -0.2) is 47.7 Å². The van der Waals surface area contributed by atoms with Crippen LogP contribution in [0.25, 0.3) is 0 Å². The smallest absolute Gasteiger partial charge is 0.411 e. The predicted molar refractivity (Wildman–Crippen MR) is 82.0 cm³/mol. The van der Waals surface area contributed by atoms with Crippen LogP contribution in [0.15, 0.2) is 25.3 Å². The first kappa shape index (κ1) is 17.7. The van der Waals surface area contributed by atoms with Crippen molar-refractivity contribution in [3.63, 3.8) is 0 Å². The van der Waals surface area contributed by atoms with Crippen LogP contribution >= 0.6 is 0 Å². The Morgan fingerprint density at radius 1 is 1.48 bits per heavy atom. The van der Waals surface area contributed by atoms with Crippen molar-refractivity contribution in [3.05, 3.63) is 25.3 Å². The van der Waals surface area contributed by atoms with E-state index in [2.05, 4.69) is 13.2 Å². The third-order valence-electron chi connectivity index (χ3n) is 2.97. The quantitative estimate of drug-likeness (QED) is 0.732. The Hall–Kier alpha value is -1.33. The zero-order valence-electron chi connectivity index (χ0n) is 13.7. The van der Waals surface area contributed by atoms with E-state index in [1.807, 2.05) is 34.6 Å². The summed E-state index contributed by atoms with van der Waals surface area (Å²) in [7, 11) is 0. The molecule has 5 nitrogen and oxygen atoms in total. The molecule has 2 atom stereocenters. The highest BCUT2D eigenvalue weighted by Crippen LogP contribution is 2.27. The van der Waals surface area contributed by atoms with Gasteiger partial charge in [0.1, 0.15) is 11.7 Å². The Labute approximate surface area is 127 Å². The number of amides is 1. The first-order chi connectivity index (χ1) is 9.59. The maximum Gasteiger partial charge on any atom is 0.411 e. The molecule has 1 aliphatic rings. The molecule has 0 aromatic heterocycles. The van der Waals surface area contributed by atoms with Gasteiger partial charge in [-0.3, -0.25) is 4.90 Å².